The van der Waals surface area contributed by atoms with Gasteiger partial charge in [0.2, 0.25) is 0 Å². The van der Waals surface area contributed by atoms with Crippen molar-refractivity contribution in [2.24, 2.45) is 0 Å². The lowest BCUT2D eigenvalue weighted by Crippen LogP contribution is -2.33. The maximum absolute atomic E-state index is 3.60. The van der Waals surface area contributed by atoms with Crippen molar-refractivity contribution in [3.63, 3.8) is 0 Å². The second kappa shape index (κ2) is 4.94. The minimum absolute atomic E-state index is 0.582. The minimum Gasteiger partial charge on any atom is -0.0802 e. The van der Waals surface area contributed by atoms with Gasteiger partial charge in [0.25, 0.3) is 0 Å². The molecule has 0 rings (SSSR count). The molecule has 0 saturated carbocycles. The summed E-state index contributed by atoms with van der Waals surface area (Å²) in [6.45, 7) is 7.08. The van der Waals surface area contributed by atoms with Gasteiger partial charge in [0, 0.05) is 0 Å². The van der Waals surface area contributed by atoms with Crippen molar-refractivity contribution in [2.75, 3.05) is 0 Å². The summed E-state index contributed by atoms with van der Waals surface area (Å²) >= 11 is 7.21. The van der Waals surface area contributed by atoms with E-state index in [-0.39, 0.29) is 0 Å². The van der Waals surface area contributed by atoms with Gasteiger partial charge in [-0.15, -0.1) is 0 Å². The summed E-state index contributed by atoms with van der Waals surface area (Å²) in [4.78, 5) is 0. The molecule has 0 spiro atoms. The fourth-order valence-corrected chi connectivity index (χ4v) is 3.60. The standard InChI is InChI=1S/C7H16Br2Si/c1-4-5-6-10(2,3)7(8)9/h7H,4-6H2,1-3H3. The van der Waals surface area contributed by atoms with Crippen molar-refractivity contribution < 1.29 is 0 Å². The van der Waals surface area contributed by atoms with Gasteiger partial charge in [-0.1, -0.05) is 70.8 Å². The van der Waals surface area contributed by atoms with Crippen LogP contribution in [-0.4, -0.2) is 11.4 Å². The van der Waals surface area contributed by atoms with Crippen LogP contribution in [0.2, 0.25) is 19.1 Å². The normalized spacial score (nSPS) is 12.6. The Kier molecular flexibility index (Phi) is 5.52. The van der Waals surface area contributed by atoms with Crippen molar-refractivity contribution in [3.05, 3.63) is 0 Å². The molecule has 10 heavy (non-hydrogen) atoms. The zero-order valence-electron chi connectivity index (χ0n) is 6.95. The van der Waals surface area contributed by atoms with E-state index < -0.39 is 8.07 Å². The summed E-state index contributed by atoms with van der Waals surface area (Å²) < 4.78 is 0.582. The van der Waals surface area contributed by atoms with Gasteiger partial charge in [0.15, 0.2) is 0 Å². The predicted molar refractivity (Wildman–Crippen MR) is 58.8 cm³/mol. The Hall–Kier alpha value is 1.18. The molecule has 0 amide bonds. The molecule has 0 atom stereocenters. The Bertz CT molecular complexity index is 91.6. The van der Waals surface area contributed by atoms with Crippen molar-refractivity contribution in [1.29, 1.82) is 0 Å². The molecule has 0 fully saturated rings. The quantitative estimate of drug-likeness (QED) is 0.538. The lowest BCUT2D eigenvalue weighted by molar-refractivity contribution is 0.867. The van der Waals surface area contributed by atoms with Gasteiger partial charge >= 0.3 is 0 Å². The van der Waals surface area contributed by atoms with Gasteiger partial charge in [-0.25, -0.2) is 0 Å². The summed E-state index contributed by atoms with van der Waals surface area (Å²) in [6.07, 6.45) is 2.70. The third kappa shape index (κ3) is 4.14. The summed E-state index contributed by atoms with van der Waals surface area (Å²) in [5, 5.41) is 0. The second-order valence-corrected chi connectivity index (χ2v) is 13.2. The summed E-state index contributed by atoms with van der Waals surface area (Å²) in [5.74, 6) is 0. The van der Waals surface area contributed by atoms with Crippen LogP contribution < -0.4 is 0 Å². The predicted octanol–water partition coefficient (Wildman–Crippen LogP) is 4.15. The first kappa shape index (κ1) is 11.2. The van der Waals surface area contributed by atoms with Crippen LogP contribution in [0.15, 0.2) is 0 Å². The van der Waals surface area contributed by atoms with Gasteiger partial charge in [-0.3, -0.25) is 0 Å². The van der Waals surface area contributed by atoms with Crippen LogP contribution in [-0.2, 0) is 0 Å². The van der Waals surface area contributed by atoms with E-state index in [1.54, 1.807) is 0 Å². The second-order valence-electron chi connectivity index (χ2n) is 3.39. The molecule has 0 aliphatic carbocycles. The molecule has 62 valence electrons. The average molecular weight is 288 g/mol. The summed E-state index contributed by atoms with van der Waals surface area (Å²) in [7, 11) is -0.968. The van der Waals surface area contributed by atoms with Gasteiger partial charge < -0.3 is 0 Å². The van der Waals surface area contributed by atoms with E-state index in [1.165, 1.54) is 18.9 Å². The Morgan fingerprint density at radius 2 is 1.80 bits per heavy atom. The van der Waals surface area contributed by atoms with Crippen LogP contribution in [0.5, 0.6) is 0 Å². The van der Waals surface area contributed by atoms with E-state index >= 15 is 0 Å². The molecule has 0 nitrogen and oxygen atoms in total. The highest BCUT2D eigenvalue weighted by molar-refractivity contribution is 9.25. The van der Waals surface area contributed by atoms with Crippen LogP contribution >= 0.6 is 31.9 Å². The number of hydrogen-bond donors (Lipinski definition) is 0. The molecule has 3 heteroatoms. The SMILES string of the molecule is CCCC[Si](C)(C)C(Br)Br. The van der Waals surface area contributed by atoms with E-state index in [1.807, 2.05) is 0 Å². The zero-order chi connectivity index (χ0) is 8.20. The molecule has 0 radical (unpaired) electrons. The van der Waals surface area contributed by atoms with E-state index in [0.717, 1.165) is 0 Å². The van der Waals surface area contributed by atoms with Crippen molar-refractivity contribution >= 4 is 39.9 Å². The molecule has 0 heterocycles. The zero-order valence-corrected chi connectivity index (χ0v) is 11.1. The van der Waals surface area contributed by atoms with Crippen LogP contribution in [0, 0.1) is 0 Å². The van der Waals surface area contributed by atoms with Crippen molar-refractivity contribution in [1.82, 2.24) is 0 Å². The number of halogens is 2. The van der Waals surface area contributed by atoms with Gasteiger partial charge in [0.1, 0.15) is 0 Å². The third-order valence-corrected chi connectivity index (χ3v) is 12.0. The molecule has 0 unspecified atom stereocenters. The molecule has 0 aliphatic rings. The van der Waals surface area contributed by atoms with Crippen molar-refractivity contribution in [3.8, 4) is 0 Å². The number of alkyl halides is 2. The fourth-order valence-electron chi connectivity index (χ4n) is 0.742. The molecule has 0 N–H and O–H groups in total. The highest BCUT2D eigenvalue weighted by Crippen LogP contribution is 2.27. The van der Waals surface area contributed by atoms with Crippen LogP contribution in [0.1, 0.15) is 19.8 Å². The smallest absolute Gasteiger partial charge is 0.0760 e. The molecule has 0 aromatic carbocycles. The Balaban J connectivity index is 3.63. The molecule has 0 aliphatic heterocycles. The molecular weight excluding hydrogens is 272 g/mol. The maximum atomic E-state index is 3.60. The fraction of sp³-hybridized carbons (Fsp3) is 1.00. The van der Waals surface area contributed by atoms with E-state index in [0.29, 0.717) is 3.36 Å². The van der Waals surface area contributed by atoms with Gasteiger partial charge in [-0.2, -0.15) is 0 Å². The van der Waals surface area contributed by atoms with Crippen LogP contribution in [0.3, 0.4) is 0 Å². The molecule has 0 bridgehead atoms. The minimum atomic E-state index is -0.968. The molecule has 0 aromatic heterocycles. The van der Waals surface area contributed by atoms with E-state index in [4.69, 9.17) is 0 Å². The maximum Gasteiger partial charge on any atom is 0.0760 e. The van der Waals surface area contributed by atoms with Gasteiger partial charge in [0.05, 0.1) is 11.4 Å². The Labute approximate surface area is 82.0 Å². The number of unbranched alkanes of at least 4 members (excludes halogenated alkanes) is 1. The highest BCUT2D eigenvalue weighted by Gasteiger charge is 2.26. The lowest BCUT2D eigenvalue weighted by atomic mass is 10.4. The Morgan fingerprint density at radius 3 is 2.10 bits per heavy atom. The van der Waals surface area contributed by atoms with Crippen LogP contribution in [0.4, 0.5) is 0 Å². The van der Waals surface area contributed by atoms with E-state index in [2.05, 4.69) is 51.9 Å². The van der Waals surface area contributed by atoms with E-state index in [9.17, 15) is 0 Å². The van der Waals surface area contributed by atoms with Crippen LogP contribution in [0.25, 0.3) is 0 Å². The summed E-state index contributed by atoms with van der Waals surface area (Å²) in [5.41, 5.74) is 0. The van der Waals surface area contributed by atoms with Crippen molar-refractivity contribution in [2.45, 2.75) is 42.3 Å². The third-order valence-electron chi connectivity index (χ3n) is 1.77. The largest absolute Gasteiger partial charge is 0.0802 e. The number of hydrogen-bond acceptors (Lipinski definition) is 0. The monoisotopic (exact) mass is 286 g/mol. The topological polar surface area (TPSA) is 0 Å². The molecule has 0 aromatic rings. The van der Waals surface area contributed by atoms with Gasteiger partial charge in [-0.05, 0) is 0 Å². The molecule has 0 saturated heterocycles. The molecular formula is C7H16Br2Si. The average Bonchev–Trinajstić information content (AvgIpc) is 1.84. The first-order chi connectivity index (χ1) is 4.50. The first-order valence-corrected chi connectivity index (χ1v) is 8.90. The summed E-state index contributed by atoms with van der Waals surface area (Å²) in [6, 6.07) is 1.42. The number of rotatable bonds is 4. The highest BCUT2D eigenvalue weighted by atomic mass is 79.9. The lowest BCUT2D eigenvalue weighted by Gasteiger charge is -2.23. The Morgan fingerprint density at radius 1 is 1.30 bits per heavy atom. The first-order valence-electron chi connectivity index (χ1n) is 3.79.